The molecule has 0 aliphatic rings. The van der Waals surface area contributed by atoms with E-state index in [0.29, 0.717) is 6.42 Å². The summed E-state index contributed by atoms with van der Waals surface area (Å²) in [6.07, 6.45) is 0.538. The quantitative estimate of drug-likeness (QED) is 0.126. The molecule has 0 spiro atoms. The highest BCUT2D eigenvalue weighted by atomic mass is 35.5. The van der Waals surface area contributed by atoms with E-state index in [0.717, 1.165) is 6.07 Å². The lowest BCUT2D eigenvalue weighted by molar-refractivity contribution is -0.138. The molecule has 3 rings (SSSR count). The third-order valence-electron chi connectivity index (χ3n) is 6.18. The van der Waals surface area contributed by atoms with Crippen LogP contribution < -0.4 is 15.4 Å². The fourth-order valence-electron chi connectivity index (χ4n) is 3.64. The van der Waals surface area contributed by atoms with E-state index in [1.165, 1.54) is 30.3 Å². The highest BCUT2D eigenvalue weighted by molar-refractivity contribution is 7.92. The summed E-state index contributed by atoms with van der Waals surface area (Å²) in [7, 11) is -3.99. The largest absolute Gasteiger partial charge is 0.506 e. The molecule has 0 bridgehead atoms. The predicted molar refractivity (Wildman–Crippen MR) is 159 cm³/mol. The second-order valence-corrected chi connectivity index (χ2v) is 12.4. The van der Waals surface area contributed by atoms with Gasteiger partial charge >= 0.3 is 5.97 Å². The molecule has 3 aromatic rings. The third kappa shape index (κ3) is 7.51. The average Bonchev–Trinajstić information content (AvgIpc) is 2.93. The van der Waals surface area contributed by atoms with Crippen molar-refractivity contribution in [2.45, 2.75) is 43.8 Å². The molecule has 41 heavy (non-hydrogen) atoms. The van der Waals surface area contributed by atoms with E-state index in [1.807, 2.05) is 6.92 Å². The third-order valence-corrected chi connectivity index (χ3v) is 9.28. The number of phenolic OH excluding ortho intramolecular Hbond substituents is 1. The van der Waals surface area contributed by atoms with Crippen LogP contribution in [0.1, 0.15) is 44.0 Å². The average molecular weight is 642 g/mol. The van der Waals surface area contributed by atoms with Crippen LogP contribution in [0.3, 0.4) is 0 Å². The van der Waals surface area contributed by atoms with Crippen LogP contribution in [0.15, 0.2) is 59.5 Å². The molecule has 0 aliphatic heterocycles. The van der Waals surface area contributed by atoms with Gasteiger partial charge in [0, 0.05) is 11.6 Å². The predicted octanol–water partition coefficient (Wildman–Crippen LogP) is 6.75. The lowest BCUT2D eigenvalue weighted by atomic mass is 10.1. The number of carbonyl (C=O) groups excluding carboxylic acids is 3. The number of carbonyl (C=O) groups is 3. The first-order valence-corrected chi connectivity index (χ1v) is 15.1. The number of nitrogens with one attached hydrogen (secondary N) is 2. The van der Waals surface area contributed by atoms with Gasteiger partial charge in [-0.3, -0.25) is 14.4 Å². The number of esters is 1. The van der Waals surface area contributed by atoms with Crippen molar-refractivity contribution in [3.63, 3.8) is 0 Å². The number of halogens is 3. The van der Waals surface area contributed by atoms with Crippen LogP contribution in [-0.4, -0.2) is 36.6 Å². The van der Waals surface area contributed by atoms with Gasteiger partial charge in [-0.25, -0.2) is 8.42 Å². The smallest absolute Gasteiger partial charge is 0.314 e. The van der Waals surface area contributed by atoms with E-state index < -0.39 is 38.6 Å². The van der Waals surface area contributed by atoms with Crippen molar-refractivity contribution in [2.75, 3.05) is 10.6 Å². The van der Waals surface area contributed by atoms with Crippen LogP contribution in [0.4, 0.5) is 11.4 Å². The molecule has 9 nitrogen and oxygen atoms in total. The summed E-state index contributed by atoms with van der Waals surface area (Å²) in [4.78, 5) is 37.9. The van der Waals surface area contributed by atoms with Crippen LogP contribution in [0, 0.1) is 5.92 Å². The lowest BCUT2D eigenvalue weighted by Crippen LogP contribution is -2.34. The molecule has 0 saturated heterocycles. The zero-order valence-electron chi connectivity index (χ0n) is 22.2. The summed E-state index contributed by atoms with van der Waals surface area (Å²) >= 11 is 18.7. The highest BCUT2D eigenvalue weighted by Gasteiger charge is 2.33. The Bertz CT molecular complexity index is 1560. The van der Waals surface area contributed by atoms with Crippen LogP contribution in [0.2, 0.25) is 15.1 Å². The van der Waals surface area contributed by atoms with Crippen LogP contribution in [0.25, 0.3) is 0 Å². The van der Waals surface area contributed by atoms with Crippen molar-refractivity contribution in [3.05, 3.63) is 75.2 Å². The fraction of sp³-hybridized carbons (Fsp3) is 0.250. The van der Waals surface area contributed by atoms with E-state index >= 15 is 0 Å². The minimum atomic E-state index is -3.99. The van der Waals surface area contributed by atoms with Gasteiger partial charge in [-0.1, -0.05) is 73.8 Å². The Balaban J connectivity index is 1.78. The number of anilines is 2. The number of ether oxygens (including phenoxy) is 1. The van der Waals surface area contributed by atoms with Crippen LogP contribution in [-0.2, 0) is 19.4 Å². The molecule has 3 aromatic carbocycles. The summed E-state index contributed by atoms with van der Waals surface area (Å²) in [6, 6.07) is 12.3. The van der Waals surface area contributed by atoms with Crippen molar-refractivity contribution in [1.82, 2.24) is 0 Å². The second kappa shape index (κ2) is 13.6. The molecule has 0 aliphatic carbocycles. The Kier molecular flexibility index (Phi) is 10.7. The number of rotatable bonds is 10. The van der Waals surface area contributed by atoms with Gasteiger partial charge in [0.25, 0.3) is 5.91 Å². The Labute approximate surface area is 252 Å². The zero-order valence-corrected chi connectivity index (χ0v) is 25.3. The minimum Gasteiger partial charge on any atom is -0.506 e. The Hall–Kier alpha value is -3.31. The molecule has 0 heterocycles. The van der Waals surface area contributed by atoms with Crippen molar-refractivity contribution in [3.8, 4) is 11.5 Å². The number of phenols is 1. The maximum atomic E-state index is 13.0. The first-order chi connectivity index (χ1) is 19.3. The van der Waals surface area contributed by atoms with Gasteiger partial charge in [-0.15, -0.1) is 0 Å². The van der Waals surface area contributed by atoms with Crippen LogP contribution in [0.5, 0.6) is 11.5 Å². The molecule has 0 radical (unpaired) electrons. The van der Waals surface area contributed by atoms with E-state index in [2.05, 4.69) is 10.6 Å². The standard InChI is InChI=1S/C28H27Cl3N2O7S/c1-4-15(3)28(37)40-25-19(30)11-16(12-20(25)31)26(35)33-22-13-18(29)21(14-23(22)34)32-27(36)24(5-2)41(38,39)17-9-7-6-8-10-17/h6-15,24,34H,4-5H2,1-3H3,(H,32,36)(H,33,35). The van der Waals surface area contributed by atoms with Crippen LogP contribution >= 0.6 is 34.8 Å². The maximum absolute atomic E-state index is 13.0. The molecule has 0 aromatic heterocycles. The second-order valence-electron chi connectivity index (χ2n) is 9.05. The van der Waals surface area contributed by atoms with Crippen molar-refractivity contribution >= 4 is 73.8 Å². The first kappa shape index (κ1) is 32.2. The molecule has 3 N–H and O–H groups in total. The molecular formula is C28H27Cl3N2O7S. The van der Waals surface area contributed by atoms with E-state index in [1.54, 1.807) is 32.0 Å². The Morgan fingerprint density at radius 1 is 0.878 bits per heavy atom. The Morgan fingerprint density at radius 3 is 2.05 bits per heavy atom. The fourth-order valence-corrected chi connectivity index (χ4v) is 6.06. The maximum Gasteiger partial charge on any atom is 0.314 e. The van der Waals surface area contributed by atoms with E-state index in [9.17, 15) is 27.9 Å². The monoisotopic (exact) mass is 640 g/mol. The molecule has 13 heteroatoms. The van der Waals surface area contributed by atoms with Crippen molar-refractivity contribution < 1.29 is 32.6 Å². The normalized spacial score (nSPS) is 12.7. The lowest BCUT2D eigenvalue weighted by Gasteiger charge is -2.17. The van der Waals surface area contributed by atoms with Gasteiger partial charge in [0.1, 0.15) is 11.0 Å². The minimum absolute atomic E-state index is 0.00377. The molecule has 2 unspecified atom stereocenters. The van der Waals surface area contributed by atoms with Crippen molar-refractivity contribution in [1.29, 1.82) is 0 Å². The number of hydrogen-bond donors (Lipinski definition) is 3. The van der Waals surface area contributed by atoms with Gasteiger partial charge in [0.15, 0.2) is 15.6 Å². The zero-order chi connectivity index (χ0) is 30.5. The van der Waals surface area contributed by atoms with Gasteiger partial charge in [0.2, 0.25) is 5.91 Å². The topological polar surface area (TPSA) is 139 Å². The number of sulfone groups is 1. The van der Waals surface area contributed by atoms with Gasteiger partial charge in [-0.05, 0) is 43.2 Å². The molecular weight excluding hydrogens is 615 g/mol. The number of benzene rings is 3. The first-order valence-electron chi connectivity index (χ1n) is 12.4. The highest BCUT2D eigenvalue weighted by Crippen LogP contribution is 2.37. The Morgan fingerprint density at radius 2 is 1.49 bits per heavy atom. The molecule has 218 valence electrons. The summed E-state index contributed by atoms with van der Waals surface area (Å²) in [5, 5.41) is 13.8. The number of amides is 2. The number of hydrogen-bond acceptors (Lipinski definition) is 7. The van der Waals surface area contributed by atoms with Gasteiger partial charge in [0.05, 0.1) is 37.3 Å². The van der Waals surface area contributed by atoms with E-state index in [-0.39, 0.29) is 55.0 Å². The van der Waals surface area contributed by atoms with Crippen molar-refractivity contribution in [2.24, 2.45) is 5.92 Å². The van der Waals surface area contributed by atoms with E-state index in [4.69, 9.17) is 39.5 Å². The summed E-state index contributed by atoms with van der Waals surface area (Å²) in [5.74, 6) is -3.02. The van der Waals surface area contributed by atoms with Gasteiger partial charge < -0.3 is 20.5 Å². The van der Waals surface area contributed by atoms with Gasteiger partial charge in [-0.2, -0.15) is 0 Å². The summed E-state index contributed by atoms with van der Waals surface area (Å²) < 4.78 is 31.2. The molecule has 2 atom stereocenters. The molecule has 2 amide bonds. The molecule has 0 fully saturated rings. The number of aromatic hydroxyl groups is 1. The SMILES string of the molecule is CCC(C)C(=O)Oc1c(Cl)cc(C(=O)Nc2cc(Cl)c(NC(=O)C(CC)S(=O)(=O)c3ccccc3)cc2O)cc1Cl. The molecule has 0 saturated carbocycles. The summed E-state index contributed by atoms with van der Waals surface area (Å²) in [5.41, 5.74) is -0.179. The summed E-state index contributed by atoms with van der Waals surface area (Å²) in [6.45, 7) is 5.07.